The SMILES string of the molecule is CCC(CO)Nc1ccn2ncc(-c3ccc(N(C)C)cc3)c2n1. The van der Waals surface area contributed by atoms with E-state index in [0.29, 0.717) is 0 Å². The van der Waals surface area contributed by atoms with Crippen LogP contribution in [-0.4, -0.2) is 46.4 Å². The van der Waals surface area contributed by atoms with Gasteiger partial charge < -0.3 is 15.3 Å². The third kappa shape index (κ3) is 3.19. The van der Waals surface area contributed by atoms with Crippen molar-refractivity contribution in [2.24, 2.45) is 0 Å². The van der Waals surface area contributed by atoms with Gasteiger partial charge in [0.1, 0.15) is 5.82 Å². The Morgan fingerprint density at radius 3 is 2.58 bits per heavy atom. The predicted molar refractivity (Wildman–Crippen MR) is 97.5 cm³/mol. The Labute approximate surface area is 141 Å². The van der Waals surface area contributed by atoms with E-state index < -0.39 is 0 Å². The molecule has 2 heterocycles. The van der Waals surface area contributed by atoms with Gasteiger partial charge in [-0.3, -0.25) is 0 Å². The van der Waals surface area contributed by atoms with Crippen LogP contribution in [0.4, 0.5) is 11.5 Å². The summed E-state index contributed by atoms with van der Waals surface area (Å²) in [5, 5.41) is 17.0. The van der Waals surface area contributed by atoms with Gasteiger partial charge in [0.25, 0.3) is 0 Å². The maximum Gasteiger partial charge on any atom is 0.165 e. The molecular formula is C18H23N5O. The average molecular weight is 325 g/mol. The fourth-order valence-corrected chi connectivity index (χ4v) is 2.58. The molecule has 0 bridgehead atoms. The van der Waals surface area contributed by atoms with Gasteiger partial charge in [0, 0.05) is 31.5 Å². The number of aromatic nitrogens is 3. The van der Waals surface area contributed by atoms with Crippen molar-refractivity contribution in [1.82, 2.24) is 14.6 Å². The van der Waals surface area contributed by atoms with Crippen molar-refractivity contribution >= 4 is 17.2 Å². The highest BCUT2D eigenvalue weighted by molar-refractivity contribution is 5.78. The second-order valence-electron chi connectivity index (χ2n) is 6.01. The number of rotatable bonds is 6. The van der Waals surface area contributed by atoms with Crippen molar-refractivity contribution in [1.29, 1.82) is 0 Å². The maximum absolute atomic E-state index is 9.35. The molecular weight excluding hydrogens is 302 g/mol. The molecule has 0 fully saturated rings. The molecule has 2 N–H and O–H groups in total. The summed E-state index contributed by atoms with van der Waals surface area (Å²) in [5.41, 5.74) is 4.01. The zero-order valence-corrected chi connectivity index (χ0v) is 14.3. The molecule has 0 spiro atoms. The smallest absolute Gasteiger partial charge is 0.165 e. The number of hydrogen-bond acceptors (Lipinski definition) is 5. The Morgan fingerprint density at radius 2 is 1.96 bits per heavy atom. The largest absolute Gasteiger partial charge is 0.394 e. The minimum atomic E-state index is 0.00527. The fourth-order valence-electron chi connectivity index (χ4n) is 2.58. The van der Waals surface area contributed by atoms with Crippen LogP contribution in [-0.2, 0) is 0 Å². The Bertz CT molecular complexity index is 806. The summed E-state index contributed by atoms with van der Waals surface area (Å²) in [6.07, 6.45) is 4.55. The standard InChI is InChI=1S/C18H23N5O/c1-4-14(12-24)20-17-9-10-23-18(21-17)16(11-19-23)13-5-7-15(8-6-13)22(2)3/h5-11,14,24H,4,12H2,1-3H3,(H,20,21). The minimum absolute atomic E-state index is 0.00527. The zero-order chi connectivity index (χ0) is 17.1. The normalized spacial score (nSPS) is 12.3. The summed E-state index contributed by atoms with van der Waals surface area (Å²) in [6, 6.07) is 10.2. The lowest BCUT2D eigenvalue weighted by Crippen LogP contribution is -2.23. The summed E-state index contributed by atoms with van der Waals surface area (Å²) in [6.45, 7) is 2.12. The van der Waals surface area contributed by atoms with Crippen LogP contribution in [0.1, 0.15) is 13.3 Å². The number of aliphatic hydroxyl groups is 1. The van der Waals surface area contributed by atoms with E-state index in [1.807, 2.05) is 39.5 Å². The molecule has 0 aliphatic heterocycles. The number of hydrogen-bond donors (Lipinski definition) is 2. The molecule has 6 heteroatoms. The van der Waals surface area contributed by atoms with E-state index in [1.54, 1.807) is 4.52 Å². The van der Waals surface area contributed by atoms with E-state index in [9.17, 15) is 5.11 Å². The summed E-state index contributed by atoms with van der Waals surface area (Å²) in [7, 11) is 4.05. The molecule has 1 atom stereocenters. The first kappa shape index (κ1) is 16.3. The van der Waals surface area contributed by atoms with Gasteiger partial charge in [-0.15, -0.1) is 0 Å². The average Bonchev–Trinajstić information content (AvgIpc) is 3.03. The summed E-state index contributed by atoms with van der Waals surface area (Å²) in [5.74, 6) is 0.745. The monoisotopic (exact) mass is 325 g/mol. The first-order valence-electron chi connectivity index (χ1n) is 8.12. The van der Waals surface area contributed by atoms with E-state index in [2.05, 4.69) is 44.6 Å². The van der Waals surface area contributed by atoms with Gasteiger partial charge in [-0.25, -0.2) is 9.50 Å². The molecule has 0 saturated heterocycles. The zero-order valence-electron chi connectivity index (χ0n) is 14.3. The molecule has 0 amide bonds. The van der Waals surface area contributed by atoms with Crippen LogP contribution in [0.25, 0.3) is 16.8 Å². The Balaban J connectivity index is 1.96. The summed E-state index contributed by atoms with van der Waals surface area (Å²) in [4.78, 5) is 6.74. The fraction of sp³-hybridized carbons (Fsp3) is 0.333. The second-order valence-corrected chi connectivity index (χ2v) is 6.01. The van der Waals surface area contributed by atoms with Crippen LogP contribution in [0.3, 0.4) is 0 Å². The molecule has 3 aromatic rings. The molecule has 0 radical (unpaired) electrons. The van der Waals surface area contributed by atoms with Crippen molar-refractivity contribution in [3.8, 4) is 11.1 Å². The highest BCUT2D eigenvalue weighted by Gasteiger charge is 2.11. The molecule has 2 aromatic heterocycles. The van der Waals surface area contributed by atoms with Crippen LogP contribution in [0.5, 0.6) is 0 Å². The van der Waals surface area contributed by atoms with Crippen LogP contribution in [0.2, 0.25) is 0 Å². The van der Waals surface area contributed by atoms with Crippen molar-refractivity contribution in [2.75, 3.05) is 30.9 Å². The van der Waals surface area contributed by atoms with Crippen LogP contribution in [0.15, 0.2) is 42.7 Å². The van der Waals surface area contributed by atoms with Crippen LogP contribution < -0.4 is 10.2 Å². The summed E-state index contributed by atoms with van der Waals surface area (Å²) >= 11 is 0. The third-order valence-electron chi connectivity index (χ3n) is 4.13. The van der Waals surface area contributed by atoms with E-state index >= 15 is 0 Å². The first-order chi connectivity index (χ1) is 11.6. The molecule has 126 valence electrons. The van der Waals surface area contributed by atoms with Gasteiger partial charge in [0.05, 0.1) is 18.8 Å². The van der Waals surface area contributed by atoms with E-state index in [0.717, 1.165) is 34.7 Å². The van der Waals surface area contributed by atoms with E-state index in [1.165, 1.54) is 0 Å². The van der Waals surface area contributed by atoms with Gasteiger partial charge in [-0.1, -0.05) is 19.1 Å². The highest BCUT2D eigenvalue weighted by atomic mass is 16.3. The van der Waals surface area contributed by atoms with E-state index in [-0.39, 0.29) is 12.6 Å². The van der Waals surface area contributed by atoms with Gasteiger partial charge in [0.15, 0.2) is 5.65 Å². The lowest BCUT2D eigenvalue weighted by atomic mass is 10.1. The quantitative estimate of drug-likeness (QED) is 0.729. The predicted octanol–water partition coefficient (Wildman–Crippen LogP) is 2.65. The Kier molecular flexibility index (Phi) is 4.66. The van der Waals surface area contributed by atoms with Gasteiger partial charge >= 0.3 is 0 Å². The van der Waals surface area contributed by atoms with Crippen molar-refractivity contribution in [2.45, 2.75) is 19.4 Å². The molecule has 24 heavy (non-hydrogen) atoms. The molecule has 0 aliphatic carbocycles. The van der Waals surface area contributed by atoms with Gasteiger partial charge in [-0.2, -0.15) is 5.10 Å². The molecule has 1 aromatic carbocycles. The van der Waals surface area contributed by atoms with Crippen LogP contribution in [0, 0.1) is 0 Å². The lowest BCUT2D eigenvalue weighted by Gasteiger charge is -2.14. The number of benzene rings is 1. The third-order valence-corrected chi connectivity index (χ3v) is 4.13. The summed E-state index contributed by atoms with van der Waals surface area (Å²) < 4.78 is 1.76. The molecule has 0 saturated carbocycles. The number of nitrogens with one attached hydrogen (secondary N) is 1. The second kappa shape index (κ2) is 6.88. The lowest BCUT2D eigenvalue weighted by molar-refractivity contribution is 0.271. The Morgan fingerprint density at radius 1 is 1.21 bits per heavy atom. The van der Waals surface area contributed by atoms with Gasteiger partial charge in [0.2, 0.25) is 0 Å². The van der Waals surface area contributed by atoms with Crippen molar-refractivity contribution in [3.63, 3.8) is 0 Å². The topological polar surface area (TPSA) is 65.7 Å². The van der Waals surface area contributed by atoms with Gasteiger partial charge in [-0.05, 0) is 30.2 Å². The number of nitrogens with zero attached hydrogens (tertiary/aromatic N) is 4. The maximum atomic E-state index is 9.35. The molecule has 1 unspecified atom stereocenters. The molecule has 0 aliphatic rings. The number of anilines is 2. The van der Waals surface area contributed by atoms with Crippen molar-refractivity contribution < 1.29 is 5.11 Å². The van der Waals surface area contributed by atoms with Crippen molar-refractivity contribution in [3.05, 3.63) is 42.7 Å². The van der Waals surface area contributed by atoms with Crippen LogP contribution >= 0.6 is 0 Å². The first-order valence-corrected chi connectivity index (χ1v) is 8.12. The number of fused-ring (bicyclic) bond motifs is 1. The Hall–Kier alpha value is -2.60. The highest BCUT2D eigenvalue weighted by Crippen LogP contribution is 2.26. The molecule has 6 nitrogen and oxygen atoms in total. The number of aliphatic hydroxyl groups excluding tert-OH is 1. The molecule has 3 rings (SSSR count). The van der Waals surface area contributed by atoms with E-state index in [4.69, 9.17) is 0 Å². The minimum Gasteiger partial charge on any atom is -0.394 e.